The molecule has 1 aliphatic rings. The molecule has 0 saturated carbocycles. The molecule has 0 spiro atoms. The first-order chi connectivity index (χ1) is 34.2. The standard InChI is InChI=1S/C59H109NO10/c1-3-5-7-9-11-13-15-17-19-21-23-24-25-26-27-28-29-31-33-35-37-39-41-43-45-47-52(63)58(68)60-50(49-69-59-57(67)56(66)55(65)53(48-61)70-59)54(64)51(62)46-44-42-40-38-36-34-32-30-22-20-18-16-14-12-10-8-6-4-2/h16,18,26-27,30,32,38,40,50-57,59,61-67H,3-15,17,19-25,28-29,31,33-37,39,41-49H2,1-2H3,(H,60,68)/b18-16+,27-26-,32-30+,40-38+. The van der Waals surface area contributed by atoms with Crippen molar-refractivity contribution in [2.75, 3.05) is 13.2 Å². The zero-order valence-corrected chi connectivity index (χ0v) is 44.7. The van der Waals surface area contributed by atoms with Crippen LogP contribution in [0.1, 0.15) is 251 Å². The van der Waals surface area contributed by atoms with E-state index in [4.69, 9.17) is 9.47 Å². The van der Waals surface area contributed by atoms with Crippen molar-refractivity contribution in [3.05, 3.63) is 48.6 Å². The lowest BCUT2D eigenvalue weighted by Gasteiger charge is -2.40. The number of nitrogens with one attached hydrogen (secondary N) is 1. The van der Waals surface area contributed by atoms with Crippen LogP contribution in [0.4, 0.5) is 0 Å². The lowest BCUT2D eigenvalue weighted by atomic mass is 9.98. The topological polar surface area (TPSA) is 189 Å². The molecule has 11 nitrogen and oxygen atoms in total. The van der Waals surface area contributed by atoms with E-state index in [1.165, 1.54) is 161 Å². The van der Waals surface area contributed by atoms with Gasteiger partial charge in [-0.2, -0.15) is 0 Å². The number of unbranched alkanes of at least 4 members (excludes halogenated alkanes) is 29. The first kappa shape index (κ1) is 66.1. The summed E-state index contributed by atoms with van der Waals surface area (Å²) in [4.78, 5) is 13.2. The monoisotopic (exact) mass is 992 g/mol. The quantitative estimate of drug-likeness (QED) is 0.0215. The molecule has 1 amide bonds. The molecule has 9 atom stereocenters. The fourth-order valence-electron chi connectivity index (χ4n) is 9.06. The molecule has 0 aliphatic carbocycles. The number of aliphatic hydroxyl groups excluding tert-OH is 7. The Morgan fingerprint density at radius 2 is 0.857 bits per heavy atom. The molecule has 410 valence electrons. The van der Waals surface area contributed by atoms with Crippen LogP contribution in [0.3, 0.4) is 0 Å². The summed E-state index contributed by atoms with van der Waals surface area (Å²) in [6.07, 6.45) is 48.8. The molecular weight excluding hydrogens is 883 g/mol. The first-order valence-corrected chi connectivity index (χ1v) is 29.0. The van der Waals surface area contributed by atoms with Crippen LogP contribution in [-0.4, -0.2) is 110 Å². The summed E-state index contributed by atoms with van der Waals surface area (Å²) in [5.74, 6) is -0.713. The summed E-state index contributed by atoms with van der Waals surface area (Å²) >= 11 is 0. The second-order valence-electron chi connectivity index (χ2n) is 20.3. The van der Waals surface area contributed by atoms with Gasteiger partial charge in [-0.05, 0) is 89.9 Å². The van der Waals surface area contributed by atoms with Crippen LogP contribution in [0, 0.1) is 0 Å². The van der Waals surface area contributed by atoms with Crippen molar-refractivity contribution in [1.82, 2.24) is 5.32 Å². The maximum absolute atomic E-state index is 13.2. The van der Waals surface area contributed by atoms with E-state index < -0.39 is 74.2 Å². The summed E-state index contributed by atoms with van der Waals surface area (Å²) in [7, 11) is 0. The molecule has 1 saturated heterocycles. The van der Waals surface area contributed by atoms with Gasteiger partial charge >= 0.3 is 0 Å². The van der Waals surface area contributed by atoms with Crippen LogP contribution >= 0.6 is 0 Å². The lowest BCUT2D eigenvalue weighted by molar-refractivity contribution is -0.303. The van der Waals surface area contributed by atoms with Gasteiger partial charge in [-0.1, -0.05) is 210 Å². The number of amides is 1. The van der Waals surface area contributed by atoms with Crippen molar-refractivity contribution >= 4 is 5.91 Å². The minimum atomic E-state index is -1.67. The van der Waals surface area contributed by atoms with Crippen molar-refractivity contribution in [3.63, 3.8) is 0 Å². The Hall–Kier alpha value is -1.93. The second-order valence-corrected chi connectivity index (χ2v) is 20.3. The number of carbonyl (C=O) groups excluding carboxylic acids is 1. The second kappa shape index (κ2) is 48.0. The largest absolute Gasteiger partial charge is 0.394 e. The first-order valence-electron chi connectivity index (χ1n) is 29.0. The minimum Gasteiger partial charge on any atom is -0.394 e. The molecule has 1 heterocycles. The van der Waals surface area contributed by atoms with E-state index in [2.05, 4.69) is 67.8 Å². The highest BCUT2D eigenvalue weighted by Gasteiger charge is 2.44. The average Bonchev–Trinajstić information content (AvgIpc) is 3.36. The van der Waals surface area contributed by atoms with E-state index in [0.717, 1.165) is 44.9 Å². The molecule has 0 aromatic carbocycles. The summed E-state index contributed by atoms with van der Waals surface area (Å²) < 4.78 is 11.1. The third kappa shape index (κ3) is 36.1. The molecule has 0 aromatic rings. The van der Waals surface area contributed by atoms with Gasteiger partial charge in [0.25, 0.3) is 0 Å². The van der Waals surface area contributed by atoms with Crippen molar-refractivity contribution in [2.24, 2.45) is 0 Å². The molecule has 0 bridgehead atoms. The van der Waals surface area contributed by atoms with Gasteiger partial charge in [0.15, 0.2) is 6.29 Å². The van der Waals surface area contributed by atoms with Gasteiger partial charge in [0.1, 0.15) is 36.6 Å². The van der Waals surface area contributed by atoms with E-state index >= 15 is 0 Å². The van der Waals surface area contributed by atoms with Crippen molar-refractivity contribution in [1.29, 1.82) is 0 Å². The van der Waals surface area contributed by atoms with E-state index in [-0.39, 0.29) is 12.8 Å². The van der Waals surface area contributed by atoms with Crippen LogP contribution in [0.2, 0.25) is 0 Å². The van der Waals surface area contributed by atoms with Crippen LogP contribution in [0.5, 0.6) is 0 Å². The van der Waals surface area contributed by atoms with Gasteiger partial charge in [-0.15, -0.1) is 0 Å². The maximum atomic E-state index is 13.2. The van der Waals surface area contributed by atoms with Gasteiger partial charge in [0, 0.05) is 0 Å². The Labute approximate surface area is 428 Å². The Bertz CT molecular complexity index is 1280. The van der Waals surface area contributed by atoms with Gasteiger partial charge in [0.05, 0.1) is 25.4 Å². The summed E-state index contributed by atoms with van der Waals surface area (Å²) in [5, 5.41) is 76.1. The molecule has 0 radical (unpaired) electrons. The van der Waals surface area contributed by atoms with Crippen LogP contribution in [-0.2, 0) is 14.3 Å². The van der Waals surface area contributed by atoms with Crippen LogP contribution in [0.15, 0.2) is 48.6 Å². The Morgan fingerprint density at radius 3 is 1.27 bits per heavy atom. The highest BCUT2D eigenvalue weighted by atomic mass is 16.7. The molecule has 1 aliphatic heterocycles. The van der Waals surface area contributed by atoms with Crippen LogP contribution < -0.4 is 5.32 Å². The highest BCUT2D eigenvalue weighted by Crippen LogP contribution is 2.23. The third-order valence-electron chi connectivity index (χ3n) is 13.8. The van der Waals surface area contributed by atoms with Crippen molar-refractivity contribution < 1.29 is 50.0 Å². The van der Waals surface area contributed by atoms with E-state index in [1.807, 2.05) is 0 Å². The van der Waals surface area contributed by atoms with E-state index in [1.54, 1.807) is 0 Å². The average molecular weight is 993 g/mol. The molecule has 0 aromatic heterocycles. The number of hydrogen-bond donors (Lipinski definition) is 8. The summed E-state index contributed by atoms with van der Waals surface area (Å²) in [5.41, 5.74) is 0. The Balaban J connectivity index is 2.34. The molecular formula is C59H109NO10. The van der Waals surface area contributed by atoms with E-state index in [9.17, 15) is 40.5 Å². The molecule has 9 unspecified atom stereocenters. The number of ether oxygens (including phenoxy) is 2. The predicted molar refractivity (Wildman–Crippen MR) is 288 cm³/mol. The zero-order valence-electron chi connectivity index (χ0n) is 44.7. The lowest BCUT2D eigenvalue weighted by Crippen LogP contribution is -2.60. The molecule has 70 heavy (non-hydrogen) atoms. The fraction of sp³-hybridized carbons (Fsp3) is 0.847. The molecule has 8 N–H and O–H groups in total. The number of rotatable bonds is 49. The van der Waals surface area contributed by atoms with Gasteiger partial charge in [-0.25, -0.2) is 0 Å². The number of aliphatic hydroxyl groups is 7. The Morgan fingerprint density at radius 1 is 0.486 bits per heavy atom. The SMILES string of the molecule is CCCCCCC/C=C/CC/C=C/CC/C=C/CCCC(O)C(O)C(COC1OC(CO)C(O)C(O)C1O)NC(=O)C(O)CCCCCCCCCCC/C=C\CCCCCCCCCCCCCC. The maximum Gasteiger partial charge on any atom is 0.249 e. The summed E-state index contributed by atoms with van der Waals surface area (Å²) in [6, 6.07) is -1.20. The van der Waals surface area contributed by atoms with Crippen molar-refractivity contribution in [2.45, 2.75) is 306 Å². The normalized spacial score (nSPS) is 20.6. The summed E-state index contributed by atoms with van der Waals surface area (Å²) in [6.45, 7) is 3.43. The highest BCUT2D eigenvalue weighted by molar-refractivity contribution is 5.80. The zero-order chi connectivity index (χ0) is 51.1. The van der Waals surface area contributed by atoms with Gasteiger partial charge < -0.3 is 50.5 Å². The third-order valence-corrected chi connectivity index (χ3v) is 13.8. The number of carbonyl (C=O) groups is 1. The van der Waals surface area contributed by atoms with E-state index in [0.29, 0.717) is 19.3 Å². The van der Waals surface area contributed by atoms with Crippen molar-refractivity contribution in [3.8, 4) is 0 Å². The van der Waals surface area contributed by atoms with Gasteiger partial charge in [-0.3, -0.25) is 4.79 Å². The number of allylic oxidation sites excluding steroid dienone is 8. The minimum absolute atomic E-state index is 0.240. The predicted octanol–water partition coefficient (Wildman–Crippen LogP) is 12.1. The Kier molecular flexibility index (Phi) is 45.3. The molecule has 1 rings (SSSR count). The molecule has 1 fully saturated rings. The fourth-order valence-corrected chi connectivity index (χ4v) is 9.06. The number of hydrogen-bond acceptors (Lipinski definition) is 10. The van der Waals surface area contributed by atoms with Gasteiger partial charge in [0.2, 0.25) is 5.91 Å². The smallest absolute Gasteiger partial charge is 0.249 e. The van der Waals surface area contributed by atoms with Crippen LogP contribution in [0.25, 0.3) is 0 Å². The molecule has 11 heteroatoms.